The standard InChI is InChI=1S/C27H28F3N7O5/c1-18-21(16-31)25(32-9-11-41-13-14-42-12-10-38)34-26(33-17-19-5-3-2-4-6-19)24(18)36-35-23-8-7-20(37(39)40)15-22(23)27(28,29)30/h2-8,15,38H,9-14,17H2,1H3,(H2,32,33,34). The van der Waals surface area contributed by atoms with Gasteiger partial charge in [-0.3, -0.25) is 10.1 Å². The van der Waals surface area contributed by atoms with Gasteiger partial charge in [-0.1, -0.05) is 30.3 Å². The van der Waals surface area contributed by atoms with E-state index in [0.717, 1.165) is 17.7 Å². The van der Waals surface area contributed by atoms with E-state index in [1.54, 1.807) is 6.92 Å². The smallest absolute Gasteiger partial charge is 0.394 e. The quantitative estimate of drug-likeness (QED) is 0.0880. The lowest BCUT2D eigenvalue weighted by molar-refractivity contribution is -0.385. The normalized spacial score (nSPS) is 11.4. The average molecular weight is 588 g/mol. The van der Waals surface area contributed by atoms with E-state index in [9.17, 15) is 28.5 Å². The van der Waals surface area contributed by atoms with E-state index in [4.69, 9.17) is 14.6 Å². The zero-order valence-corrected chi connectivity index (χ0v) is 22.5. The van der Waals surface area contributed by atoms with Gasteiger partial charge >= 0.3 is 6.18 Å². The molecule has 0 aliphatic heterocycles. The molecule has 1 aromatic heterocycles. The van der Waals surface area contributed by atoms with E-state index < -0.39 is 28.0 Å². The summed E-state index contributed by atoms with van der Waals surface area (Å²) < 4.78 is 51.6. The number of halogens is 3. The molecule has 0 fully saturated rings. The van der Waals surface area contributed by atoms with Gasteiger partial charge in [0.05, 0.1) is 54.8 Å². The SMILES string of the molecule is Cc1c(C#N)c(NCCOCCOCCO)nc(NCc2ccccc2)c1N=Nc1ccc([N+](=O)[O-])cc1C(F)(F)F. The lowest BCUT2D eigenvalue weighted by Gasteiger charge is -2.16. The largest absolute Gasteiger partial charge is 0.418 e. The number of benzene rings is 2. The molecule has 0 amide bonds. The number of ether oxygens (including phenoxy) is 2. The Morgan fingerprint density at radius 3 is 2.40 bits per heavy atom. The predicted octanol–water partition coefficient (Wildman–Crippen LogP) is 5.65. The Morgan fingerprint density at radius 2 is 1.76 bits per heavy atom. The first-order chi connectivity index (χ1) is 20.2. The molecule has 42 heavy (non-hydrogen) atoms. The van der Waals surface area contributed by atoms with Gasteiger partial charge in [-0.15, -0.1) is 10.2 Å². The molecule has 12 nitrogen and oxygen atoms in total. The molecular formula is C27H28F3N7O5. The summed E-state index contributed by atoms with van der Waals surface area (Å²) in [6.07, 6.45) is -4.93. The molecule has 222 valence electrons. The number of aromatic nitrogens is 1. The van der Waals surface area contributed by atoms with Crippen LogP contribution in [0.15, 0.2) is 58.8 Å². The maximum Gasteiger partial charge on any atom is 0.418 e. The third-order valence-corrected chi connectivity index (χ3v) is 5.73. The summed E-state index contributed by atoms with van der Waals surface area (Å²) >= 11 is 0. The number of alkyl halides is 3. The van der Waals surface area contributed by atoms with E-state index >= 15 is 0 Å². The number of pyridine rings is 1. The van der Waals surface area contributed by atoms with Crippen LogP contribution in [-0.4, -0.2) is 54.6 Å². The van der Waals surface area contributed by atoms with Crippen molar-refractivity contribution >= 4 is 28.7 Å². The first kappa shape index (κ1) is 31.9. The number of nitro groups is 1. The molecule has 3 aromatic rings. The highest BCUT2D eigenvalue weighted by atomic mass is 19.4. The fourth-order valence-electron chi connectivity index (χ4n) is 3.67. The molecule has 0 saturated carbocycles. The second-order valence-corrected chi connectivity index (χ2v) is 8.64. The van der Waals surface area contributed by atoms with Crippen LogP contribution < -0.4 is 10.6 Å². The third-order valence-electron chi connectivity index (χ3n) is 5.73. The minimum atomic E-state index is -4.93. The molecule has 0 aliphatic rings. The first-order valence-corrected chi connectivity index (χ1v) is 12.7. The van der Waals surface area contributed by atoms with Gasteiger partial charge in [-0.2, -0.15) is 18.4 Å². The molecule has 0 bridgehead atoms. The minimum absolute atomic E-state index is 0.0248. The van der Waals surface area contributed by atoms with Crippen LogP contribution in [0.2, 0.25) is 0 Å². The van der Waals surface area contributed by atoms with Gasteiger partial charge in [0.1, 0.15) is 17.6 Å². The predicted molar refractivity (Wildman–Crippen MR) is 147 cm³/mol. The fraction of sp³-hybridized carbons (Fsp3) is 0.333. The van der Waals surface area contributed by atoms with Crippen LogP contribution in [0.1, 0.15) is 22.3 Å². The van der Waals surface area contributed by atoms with E-state index in [-0.39, 0.29) is 55.8 Å². The van der Waals surface area contributed by atoms with Gasteiger partial charge in [0.15, 0.2) is 5.82 Å². The number of aliphatic hydroxyl groups is 1. The van der Waals surface area contributed by atoms with Gasteiger partial charge < -0.3 is 25.2 Å². The molecule has 0 saturated heterocycles. The second-order valence-electron chi connectivity index (χ2n) is 8.64. The zero-order chi connectivity index (χ0) is 30.5. The molecule has 0 spiro atoms. The summed E-state index contributed by atoms with van der Waals surface area (Å²) in [5.74, 6) is 0.353. The number of azo groups is 1. The van der Waals surface area contributed by atoms with Gasteiger partial charge in [0, 0.05) is 30.8 Å². The van der Waals surface area contributed by atoms with E-state index in [1.807, 2.05) is 36.4 Å². The second kappa shape index (κ2) is 15.4. The van der Waals surface area contributed by atoms with Crippen LogP contribution in [0, 0.1) is 28.4 Å². The van der Waals surface area contributed by atoms with Crippen molar-refractivity contribution in [3.05, 3.63) is 80.9 Å². The number of nitrogens with zero attached hydrogens (tertiary/aromatic N) is 5. The number of nitrogens with one attached hydrogen (secondary N) is 2. The van der Waals surface area contributed by atoms with Crippen LogP contribution in [0.25, 0.3) is 0 Å². The van der Waals surface area contributed by atoms with Crippen LogP contribution in [0.5, 0.6) is 0 Å². The Hall–Kier alpha value is -4.65. The lowest BCUT2D eigenvalue weighted by Crippen LogP contribution is -2.15. The van der Waals surface area contributed by atoms with Crippen LogP contribution >= 0.6 is 0 Å². The number of anilines is 2. The molecule has 0 radical (unpaired) electrons. The molecule has 3 rings (SSSR count). The first-order valence-electron chi connectivity index (χ1n) is 12.7. The van der Waals surface area contributed by atoms with Crippen molar-refractivity contribution in [1.82, 2.24) is 4.98 Å². The molecule has 0 unspecified atom stereocenters. The van der Waals surface area contributed by atoms with E-state index in [0.29, 0.717) is 24.8 Å². The summed E-state index contributed by atoms with van der Waals surface area (Å²) in [6, 6.07) is 13.4. The number of rotatable bonds is 15. The Kier molecular flexibility index (Phi) is 11.7. The molecule has 15 heteroatoms. The highest BCUT2D eigenvalue weighted by Gasteiger charge is 2.35. The number of hydrogen-bond donors (Lipinski definition) is 3. The monoisotopic (exact) mass is 587 g/mol. The van der Waals surface area contributed by atoms with Crippen molar-refractivity contribution < 1.29 is 32.7 Å². The molecule has 0 atom stereocenters. The maximum atomic E-state index is 13.7. The molecule has 1 heterocycles. The number of non-ortho nitro benzene ring substituents is 1. The summed E-state index contributed by atoms with van der Waals surface area (Å²) in [5.41, 5.74) is -1.41. The molecule has 3 N–H and O–H groups in total. The van der Waals surface area contributed by atoms with Crippen molar-refractivity contribution in [1.29, 1.82) is 5.26 Å². The minimum Gasteiger partial charge on any atom is -0.394 e. The average Bonchev–Trinajstić information content (AvgIpc) is 2.97. The summed E-state index contributed by atoms with van der Waals surface area (Å²) in [5, 5.41) is 43.5. The number of hydrogen-bond acceptors (Lipinski definition) is 11. The Labute approximate surface area is 239 Å². The van der Waals surface area contributed by atoms with Gasteiger partial charge in [-0.25, -0.2) is 4.98 Å². The van der Waals surface area contributed by atoms with Crippen LogP contribution in [-0.2, 0) is 22.2 Å². The van der Waals surface area contributed by atoms with Crippen molar-refractivity contribution in [2.24, 2.45) is 10.2 Å². The summed E-state index contributed by atoms with van der Waals surface area (Å²) in [4.78, 5) is 14.6. The summed E-state index contributed by atoms with van der Waals surface area (Å²) in [6.45, 7) is 3.09. The van der Waals surface area contributed by atoms with Crippen LogP contribution in [0.3, 0.4) is 0 Å². The Bertz CT molecular complexity index is 1430. The van der Waals surface area contributed by atoms with Crippen molar-refractivity contribution in [2.45, 2.75) is 19.6 Å². The third kappa shape index (κ3) is 8.93. The van der Waals surface area contributed by atoms with Gasteiger partial charge in [-0.05, 0) is 18.6 Å². The van der Waals surface area contributed by atoms with Crippen molar-refractivity contribution in [3.63, 3.8) is 0 Å². The number of nitriles is 1. The molecule has 0 aliphatic carbocycles. The Morgan fingerprint density at radius 1 is 1.05 bits per heavy atom. The Balaban J connectivity index is 1.93. The molecular weight excluding hydrogens is 559 g/mol. The summed E-state index contributed by atoms with van der Waals surface area (Å²) in [7, 11) is 0. The lowest BCUT2D eigenvalue weighted by atomic mass is 10.1. The van der Waals surface area contributed by atoms with E-state index in [2.05, 4.69) is 25.8 Å². The number of nitro benzene ring substituents is 1. The molecule has 2 aromatic carbocycles. The zero-order valence-electron chi connectivity index (χ0n) is 22.5. The highest BCUT2D eigenvalue weighted by molar-refractivity contribution is 5.74. The topological polar surface area (TPSA) is 167 Å². The van der Waals surface area contributed by atoms with Crippen molar-refractivity contribution in [3.8, 4) is 6.07 Å². The highest BCUT2D eigenvalue weighted by Crippen LogP contribution is 2.40. The van der Waals surface area contributed by atoms with Crippen molar-refractivity contribution in [2.75, 3.05) is 50.2 Å². The van der Waals surface area contributed by atoms with Gasteiger partial charge in [0.25, 0.3) is 5.69 Å². The maximum absolute atomic E-state index is 13.7. The fourth-order valence-corrected chi connectivity index (χ4v) is 3.67. The van der Waals surface area contributed by atoms with E-state index in [1.165, 1.54) is 0 Å². The van der Waals surface area contributed by atoms with Gasteiger partial charge in [0.2, 0.25) is 0 Å². The number of aliphatic hydroxyl groups excluding tert-OH is 1. The van der Waals surface area contributed by atoms with Crippen LogP contribution in [0.4, 0.5) is 41.9 Å².